The third kappa shape index (κ3) is 3.52. The summed E-state index contributed by atoms with van der Waals surface area (Å²) in [7, 11) is 1.70. The van der Waals surface area contributed by atoms with Gasteiger partial charge in [-0.3, -0.25) is 0 Å². The smallest absolute Gasteiger partial charge is 0.188 e. The van der Waals surface area contributed by atoms with Crippen LogP contribution in [0, 0.1) is 0 Å². The summed E-state index contributed by atoms with van der Waals surface area (Å²) >= 11 is 0. The molecule has 0 spiro atoms. The monoisotopic (exact) mass is 176 g/mol. The zero-order chi connectivity index (χ0) is 9.78. The molecule has 0 aromatic heterocycles. The fourth-order valence-electron chi connectivity index (χ4n) is 1.45. The van der Waals surface area contributed by atoms with Crippen molar-refractivity contribution in [1.82, 2.24) is 0 Å². The second-order valence-electron chi connectivity index (χ2n) is 4.13. The molecule has 12 heavy (non-hydrogen) atoms. The van der Waals surface area contributed by atoms with Crippen molar-refractivity contribution < 1.29 is 14.7 Å². The lowest BCUT2D eigenvalue weighted by Crippen LogP contribution is -3.22. The minimum absolute atomic E-state index is 0.123. The number of hydrogen-bond donors (Lipinski definition) is 2. The average Bonchev–Trinajstić information content (AvgIpc) is 1.96. The molecule has 3 heteroatoms. The molecule has 0 bridgehead atoms. The van der Waals surface area contributed by atoms with Gasteiger partial charge in [0.05, 0.1) is 12.1 Å². The minimum atomic E-state index is 0.123. The van der Waals surface area contributed by atoms with Gasteiger partial charge in [0, 0.05) is 14.0 Å². The van der Waals surface area contributed by atoms with E-state index >= 15 is 0 Å². The molecule has 3 nitrogen and oxygen atoms in total. The number of methoxy groups -OCH3 is 1. The maximum Gasteiger partial charge on any atom is 0.188 e. The average molecular weight is 176 g/mol. The van der Waals surface area contributed by atoms with Crippen molar-refractivity contribution in [3.05, 3.63) is 0 Å². The van der Waals surface area contributed by atoms with Crippen LogP contribution in [0.5, 0.6) is 0 Å². The molecule has 0 saturated carbocycles. The summed E-state index contributed by atoms with van der Waals surface area (Å²) in [4.78, 5) is 1.27. The Hall–Kier alpha value is -0.120. The lowest BCUT2D eigenvalue weighted by molar-refractivity contribution is -0.988. The molecule has 0 aliphatic heterocycles. The highest BCUT2D eigenvalue weighted by molar-refractivity contribution is 4.56. The second-order valence-corrected chi connectivity index (χ2v) is 4.13. The van der Waals surface area contributed by atoms with E-state index < -0.39 is 0 Å². The van der Waals surface area contributed by atoms with Crippen LogP contribution in [0.1, 0.15) is 27.7 Å². The number of rotatable bonds is 4. The zero-order valence-corrected chi connectivity index (χ0v) is 8.85. The van der Waals surface area contributed by atoms with E-state index in [0.717, 1.165) is 6.54 Å². The van der Waals surface area contributed by atoms with Gasteiger partial charge >= 0.3 is 0 Å². The number of aliphatic hydroxyl groups is 1. The van der Waals surface area contributed by atoms with Crippen LogP contribution in [0.2, 0.25) is 0 Å². The molecule has 0 amide bonds. The highest BCUT2D eigenvalue weighted by atomic mass is 16.5. The van der Waals surface area contributed by atoms with Crippen molar-refractivity contribution in [2.75, 3.05) is 20.3 Å². The summed E-state index contributed by atoms with van der Waals surface area (Å²) in [6, 6.07) is 0. The van der Waals surface area contributed by atoms with Crippen molar-refractivity contribution in [2.45, 2.75) is 39.5 Å². The third-order valence-corrected chi connectivity index (χ3v) is 2.19. The molecule has 0 saturated heterocycles. The lowest BCUT2D eigenvalue weighted by Gasteiger charge is -2.35. The van der Waals surface area contributed by atoms with Crippen LogP contribution < -0.4 is 4.90 Å². The number of aliphatic hydroxyl groups excluding tert-OH is 1. The SMILES string of the molecule is COC(C)[NH+](CCO)C(C)(C)C. The van der Waals surface area contributed by atoms with Gasteiger partial charge in [-0.05, 0) is 20.8 Å². The van der Waals surface area contributed by atoms with Crippen LogP contribution in [-0.2, 0) is 4.74 Å². The predicted molar refractivity (Wildman–Crippen MR) is 49.1 cm³/mol. The summed E-state index contributed by atoms with van der Waals surface area (Å²) in [5.41, 5.74) is 0.123. The third-order valence-electron chi connectivity index (χ3n) is 2.19. The molecule has 0 fully saturated rings. The van der Waals surface area contributed by atoms with E-state index in [9.17, 15) is 0 Å². The molecule has 2 N–H and O–H groups in total. The molecule has 74 valence electrons. The van der Waals surface area contributed by atoms with Crippen LogP contribution in [0.3, 0.4) is 0 Å². The first kappa shape index (κ1) is 11.9. The van der Waals surface area contributed by atoms with Crippen molar-refractivity contribution in [3.63, 3.8) is 0 Å². The Morgan fingerprint density at radius 1 is 1.42 bits per heavy atom. The van der Waals surface area contributed by atoms with Crippen molar-refractivity contribution in [1.29, 1.82) is 0 Å². The molecule has 0 heterocycles. The first-order chi connectivity index (χ1) is 5.43. The highest BCUT2D eigenvalue weighted by Gasteiger charge is 2.29. The quantitative estimate of drug-likeness (QED) is 0.574. The fourth-order valence-corrected chi connectivity index (χ4v) is 1.45. The molecule has 0 aliphatic rings. The maximum atomic E-state index is 8.87. The van der Waals surface area contributed by atoms with E-state index in [1.165, 1.54) is 4.90 Å². The second kappa shape index (κ2) is 4.80. The Morgan fingerprint density at radius 3 is 2.17 bits per heavy atom. The Bertz CT molecular complexity index is 120. The van der Waals surface area contributed by atoms with Crippen molar-refractivity contribution in [2.24, 2.45) is 0 Å². The Labute approximate surface area is 75.3 Å². The maximum absolute atomic E-state index is 8.87. The summed E-state index contributed by atoms with van der Waals surface area (Å²) in [5.74, 6) is 0. The Morgan fingerprint density at radius 2 is 1.92 bits per heavy atom. The van der Waals surface area contributed by atoms with E-state index in [-0.39, 0.29) is 18.4 Å². The van der Waals surface area contributed by atoms with Crippen molar-refractivity contribution >= 4 is 0 Å². The topological polar surface area (TPSA) is 33.9 Å². The van der Waals surface area contributed by atoms with E-state index in [4.69, 9.17) is 9.84 Å². The number of hydrogen-bond acceptors (Lipinski definition) is 2. The largest absolute Gasteiger partial charge is 0.391 e. The Kier molecular flexibility index (Phi) is 4.75. The fraction of sp³-hybridized carbons (Fsp3) is 1.00. The molecule has 0 aromatic carbocycles. The van der Waals surface area contributed by atoms with Crippen LogP contribution in [0.25, 0.3) is 0 Å². The van der Waals surface area contributed by atoms with E-state index in [0.29, 0.717) is 0 Å². The van der Waals surface area contributed by atoms with E-state index in [1.54, 1.807) is 7.11 Å². The van der Waals surface area contributed by atoms with Gasteiger partial charge in [0.2, 0.25) is 0 Å². The van der Waals surface area contributed by atoms with Gasteiger partial charge in [0.15, 0.2) is 6.23 Å². The molecule has 0 rings (SSSR count). The number of quaternary nitrogens is 1. The summed E-state index contributed by atoms with van der Waals surface area (Å²) < 4.78 is 5.24. The van der Waals surface area contributed by atoms with Crippen LogP contribution >= 0.6 is 0 Å². The van der Waals surface area contributed by atoms with Crippen molar-refractivity contribution in [3.8, 4) is 0 Å². The van der Waals surface area contributed by atoms with Gasteiger partial charge in [-0.25, -0.2) is 0 Å². The zero-order valence-electron chi connectivity index (χ0n) is 8.85. The lowest BCUT2D eigenvalue weighted by atomic mass is 10.1. The van der Waals surface area contributed by atoms with E-state index in [2.05, 4.69) is 20.8 Å². The van der Waals surface area contributed by atoms with Crippen LogP contribution in [-0.4, -0.2) is 37.1 Å². The standard InChI is InChI=1S/C9H21NO2/c1-8(12-5)10(6-7-11)9(2,3)4/h8,11H,6-7H2,1-5H3/p+1. The van der Waals surface area contributed by atoms with Gasteiger partial charge in [0.25, 0.3) is 0 Å². The molecule has 0 aromatic rings. The van der Waals surface area contributed by atoms with Gasteiger partial charge in [-0.15, -0.1) is 0 Å². The minimum Gasteiger partial charge on any atom is -0.391 e. The molecule has 0 aliphatic carbocycles. The summed E-state index contributed by atoms with van der Waals surface area (Å²) in [6.45, 7) is 9.41. The molecule has 2 unspecified atom stereocenters. The van der Waals surface area contributed by atoms with Gasteiger partial charge < -0.3 is 14.7 Å². The number of nitrogens with one attached hydrogen (secondary N) is 1. The molecule has 2 atom stereocenters. The molecule has 0 radical (unpaired) electrons. The molecular weight excluding hydrogens is 154 g/mol. The molecular formula is C9H22NO2+. The summed E-state index contributed by atoms with van der Waals surface area (Å²) in [6.07, 6.45) is 0.136. The first-order valence-electron chi connectivity index (χ1n) is 4.43. The van der Waals surface area contributed by atoms with Crippen LogP contribution in [0.15, 0.2) is 0 Å². The summed E-state index contributed by atoms with van der Waals surface area (Å²) in [5, 5.41) is 8.87. The van der Waals surface area contributed by atoms with Crippen LogP contribution in [0.4, 0.5) is 0 Å². The van der Waals surface area contributed by atoms with Gasteiger partial charge in [-0.2, -0.15) is 0 Å². The highest BCUT2D eigenvalue weighted by Crippen LogP contribution is 1.94. The Balaban J connectivity index is 4.22. The first-order valence-corrected chi connectivity index (χ1v) is 4.43. The van der Waals surface area contributed by atoms with E-state index in [1.807, 2.05) is 6.92 Å². The predicted octanol–water partition coefficient (Wildman–Crippen LogP) is -0.345. The van der Waals surface area contributed by atoms with Gasteiger partial charge in [0.1, 0.15) is 6.54 Å². The normalized spacial score (nSPS) is 17.5. The number of ether oxygens (including phenoxy) is 1. The van der Waals surface area contributed by atoms with Gasteiger partial charge in [-0.1, -0.05) is 0 Å².